The molecule has 2 saturated heterocycles. The highest BCUT2D eigenvalue weighted by Crippen LogP contribution is 2.37. The fourth-order valence-electron chi connectivity index (χ4n) is 5.74. The second kappa shape index (κ2) is 10.0. The number of ether oxygens (including phenoxy) is 1. The molecule has 3 aliphatic heterocycles. The Kier molecular flexibility index (Phi) is 6.84. The molecule has 0 saturated carbocycles. The zero-order valence-electron chi connectivity index (χ0n) is 20.6. The molecular weight excluding hydrogens is 426 g/mol. The van der Waals surface area contributed by atoms with Gasteiger partial charge in [0.1, 0.15) is 0 Å². The fraction of sp³-hybridized carbons (Fsp3) is 0.593. The number of piperidine rings is 1. The summed E-state index contributed by atoms with van der Waals surface area (Å²) in [6.45, 7) is 7.41. The minimum Gasteiger partial charge on any atom is -0.381 e. The summed E-state index contributed by atoms with van der Waals surface area (Å²) in [5, 5.41) is 3.48. The molecule has 4 atom stereocenters. The molecule has 2 fully saturated rings. The Morgan fingerprint density at radius 1 is 1.12 bits per heavy atom. The van der Waals surface area contributed by atoms with E-state index in [0.717, 1.165) is 56.7 Å². The number of nitrogens with zero attached hydrogens (tertiary/aromatic N) is 4. The zero-order valence-corrected chi connectivity index (χ0v) is 20.6. The van der Waals surface area contributed by atoms with Crippen LogP contribution in [0.25, 0.3) is 0 Å². The lowest BCUT2D eigenvalue weighted by Crippen LogP contribution is -2.52. The molecule has 3 aliphatic rings. The van der Waals surface area contributed by atoms with E-state index in [4.69, 9.17) is 9.72 Å². The van der Waals surface area contributed by atoms with Crippen LogP contribution in [0, 0.1) is 5.92 Å². The number of anilines is 1. The standard InChI is InChI=1S/C27H37N5O2/c1-18-14-23(24(16-31(18)3)20-7-5-4-6-8-20)26(33)32-17-25-21(13-19(32)2)15-28-27(30-25)29-22-9-11-34-12-10-22/h4-8,15,18-19,22-24H,9-14,16-17H2,1-3H3,(H,28,29,30)/t18-,19+,23+,24-/m0/s1. The smallest absolute Gasteiger partial charge is 0.227 e. The number of benzene rings is 1. The Balaban J connectivity index is 1.36. The van der Waals surface area contributed by atoms with Crippen LogP contribution in [-0.4, -0.2) is 70.6 Å². The largest absolute Gasteiger partial charge is 0.381 e. The first kappa shape index (κ1) is 23.2. The number of rotatable bonds is 4. The van der Waals surface area contributed by atoms with Crippen LogP contribution >= 0.6 is 0 Å². The van der Waals surface area contributed by atoms with Crippen LogP contribution in [0.15, 0.2) is 36.5 Å². The van der Waals surface area contributed by atoms with Crippen molar-refractivity contribution in [3.63, 3.8) is 0 Å². The maximum atomic E-state index is 14.0. The van der Waals surface area contributed by atoms with Gasteiger partial charge in [0.2, 0.25) is 11.9 Å². The molecular formula is C27H37N5O2. The summed E-state index contributed by atoms with van der Waals surface area (Å²) in [7, 11) is 2.17. The molecule has 2 aromatic rings. The lowest BCUT2D eigenvalue weighted by atomic mass is 9.77. The van der Waals surface area contributed by atoms with E-state index < -0.39 is 0 Å². The average molecular weight is 464 g/mol. The van der Waals surface area contributed by atoms with Crippen molar-refractivity contribution in [3.05, 3.63) is 53.3 Å². The van der Waals surface area contributed by atoms with Crippen molar-refractivity contribution >= 4 is 11.9 Å². The number of carbonyl (C=O) groups excluding carboxylic acids is 1. The summed E-state index contributed by atoms with van der Waals surface area (Å²) in [5.41, 5.74) is 3.40. The van der Waals surface area contributed by atoms with E-state index >= 15 is 0 Å². The van der Waals surface area contributed by atoms with Gasteiger partial charge in [-0.3, -0.25) is 4.79 Å². The normalized spacial score (nSPS) is 28.4. The summed E-state index contributed by atoms with van der Waals surface area (Å²) >= 11 is 0. The number of amides is 1. The van der Waals surface area contributed by atoms with Crippen LogP contribution in [0.4, 0.5) is 5.95 Å². The van der Waals surface area contributed by atoms with Crippen molar-refractivity contribution in [2.75, 3.05) is 32.1 Å². The Labute approximate surface area is 202 Å². The SMILES string of the molecule is C[C@@H]1Cc2cnc(NC3CCOCC3)nc2CN1C(=O)[C@@H]1C[C@H](C)N(C)C[C@H]1c1ccccc1. The highest BCUT2D eigenvalue weighted by molar-refractivity contribution is 5.81. The summed E-state index contributed by atoms with van der Waals surface area (Å²) < 4.78 is 5.46. The van der Waals surface area contributed by atoms with Crippen LogP contribution in [0.5, 0.6) is 0 Å². The maximum absolute atomic E-state index is 14.0. The first-order valence-corrected chi connectivity index (χ1v) is 12.7. The minimum atomic E-state index is -0.0146. The van der Waals surface area contributed by atoms with Crippen molar-refractivity contribution in [2.45, 2.75) is 70.1 Å². The van der Waals surface area contributed by atoms with Crippen molar-refractivity contribution in [3.8, 4) is 0 Å². The van der Waals surface area contributed by atoms with Crippen LogP contribution in [0.3, 0.4) is 0 Å². The maximum Gasteiger partial charge on any atom is 0.227 e. The van der Waals surface area contributed by atoms with Gasteiger partial charge in [-0.1, -0.05) is 30.3 Å². The number of hydrogen-bond acceptors (Lipinski definition) is 6. The minimum absolute atomic E-state index is 0.0146. The molecule has 34 heavy (non-hydrogen) atoms. The molecule has 1 aromatic carbocycles. The monoisotopic (exact) mass is 463 g/mol. The van der Waals surface area contributed by atoms with Gasteiger partial charge in [-0.25, -0.2) is 9.97 Å². The van der Waals surface area contributed by atoms with E-state index in [2.05, 4.69) is 65.3 Å². The summed E-state index contributed by atoms with van der Waals surface area (Å²) in [6.07, 6.45) is 5.57. The number of carbonyl (C=O) groups is 1. The molecule has 7 nitrogen and oxygen atoms in total. The topological polar surface area (TPSA) is 70.6 Å². The Bertz CT molecular complexity index is 994. The predicted octanol–water partition coefficient (Wildman–Crippen LogP) is 3.46. The van der Waals surface area contributed by atoms with E-state index in [-0.39, 0.29) is 23.8 Å². The molecule has 4 heterocycles. The number of fused-ring (bicyclic) bond motifs is 1. The van der Waals surface area contributed by atoms with Crippen molar-refractivity contribution in [2.24, 2.45) is 5.92 Å². The first-order chi connectivity index (χ1) is 16.5. The van der Waals surface area contributed by atoms with Crippen molar-refractivity contribution in [1.29, 1.82) is 0 Å². The van der Waals surface area contributed by atoms with Gasteiger partial charge in [-0.15, -0.1) is 0 Å². The molecule has 0 radical (unpaired) electrons. The molecule has 1 N–H and O–H groups in total. The fourth-order valence-corrected chi connectivity index (χ4v) is 5.74. The Morgan fingerprint density at radius 3 is 2.65 bits per heavy atom. The molecule has 1 amide bonds. The number of nitrogens with one attached hydrogen (secondary N) is 1. The first-order valence-electron chi connectivity index (χ1n) is 12.7. The van der Waals surface area contributed by atoms with E-state index in [1.807, 2.05) is 12.3 Å². The lowest BCUT2D eigenvalue weighted by Gasteiger charge is -2.44. The molecule has 0 bridgehead atoms. The second-order valence-electron chi connectivity index (χ2n) is 10.4. The average Bonchev–Trinajstić information content (AvgIpc) is 2.86. The highest BCUT2D eigenvalue weighted by atomic mass is 16.5. The van der Waals surface area contributed by atoms with Gasteiger partial charge < -0.3 is 19.9 Å². The molecule has 5 rings (SSSR count). The van der Waals surface area contributed by atoms with Gasteiger partial charge in [0.15, 0.2) is 0 Å². The van der Waals surface area contributed by atoms with Crippen LogP contribution in [0.1, 0.15) is 55.8 Å². The quantitative estimate of drug-likeness (QED) is 0.749. The molecule has 7 heteroatoms. The third-order valence-corrected chi connectivity index (χ3v) is 8.02. The zero-order chi connectivity index (χ0) is 23.7. The van der Waals surface area contributed by atoms with Crippen LogP contribution < -0.4 is 5.32 Å². The number of aromatic nitrogens is 2. The van der Waals surface area contributed by atoms with Crippen molar-refractivity contribution in [1.82, 2.24) is 19.8 Å². The summed E-state index contributed by atoms with van der Waals surface area (Å²) in [5.74, 6) is 1.13. The summed E-state index contributed by atoms with van der Waals surface area (Å²) in [4.78, 5) is 27.9. The van der Waals surface area contributed by atoms with E-state index in [1.165, 1.54) is 5.56 Å². The van der Waals surface area contributed by atoms with E-state index in [9.17, 15) is 4.79 Å². The summed E-state index contributed by atoms with van der Waals surface area (Å²) in [6, 6.07) is 11.4. The predicted molar refractivity (Wildman–Crippen MR) is 133 cm³/mol. The number of hydrogen-bond donors (Lipinski definition) is 1. The molecule has 0 spiro atoms. The van der Waals surface area contributed by atoms with Crippen LogP contribution in [0.2, 0.25) is 0 Å². The molecule has 0 aliphatic carbocycles. The highest BCUT2D eigenvalue weighted by Gasteiger charge is 2.41. The third kappa shape index (κ3) is 4.82. The second-order valence-corrected chi connectivity index (χ2v) is 10.4. The van der Waals surface area contributed by atoms with Crippen LogP contribution in [-0.2, 0) is 22.5 Å². The van der Waals surface area contributed by atoms with Gasteiger partial charge >= 0.3 is 0 Å². The van der Waals surface area contributed by atoms with Gasteiger partial charge in [0.05, 0.1) is 12.2 Å². The number of likely N-dealkylation sites (tertiary alicyclic amines) is 1. The Morgan fingerprint density at radius 2 is 1.88 bits per heavy atom. The molecule has 182 valence electrons. The number of likely N-dealkylation sites (N-methyl/N-ethyl adjacent to an activating group) is 1. The van der Waals surface area contributed by atoms with Gasteiger partial charge in [0, 0.05) is 55.9 Å². The van der Waals surface area contributed by atoms with E-state index in [0.29, 0.717) is 24.6 Å². The van der Waals surface area contributed by atoms with E-state index in [1.54, 1.807) is 0 Å². The molecule has 0 unspecified atom stereocenters. The third-order valence-electron chi connectivity index (χ3n) is 8.02. The van der Waals surface area contributed by atoms with Gasteiger partial charge in [0.25, 0.3) is 0 Å². The Hall–Kier alpha value is -2.51. The lowest BCUT2D eigenvalue weighted by molar-refractivity contribution is -0.141. The van der Waals surface area contributed by atoms with Gasteiger partial charge in [-0.2, -0.15) is 0 Å². The van der Waals surface area contributed by atoms with Crippen molar-refractivity contribution < 1.29 is 9.53 Å². The van der Waals surface area contributed by atoms with Gasteiger partial charge in [-0.05, 0) is 57.7 Å². The molecule has 1 aromatic heterocycles.